The van der Waals surface area contributed by atoms with Gasteiger partial charge in [-0.25, -0.2) is 0 Å². The third-order valence-electron chi connectivity index (χ3n) is 4.11. The van der Waals surface area contributed by atoms with Crippen molar-refractivity contribution in [2.24, 2.45) is 10.9 Å². The van der Waals surface area contributed by atoms with E-state index in [2.05, 4.69) is 40.4 Å². The Morgan fingerprint density at radius 1 is 1.30 bits per heavy atom. The van der Waals surface area contributed by atoms with Crippen LogP contribution in [-0.2, 0) is 0 Å². The molecule has 1 aromatic carbocycles. The first-order chi connectivity index (χ1) is 9.79. The molecule has 3 rings (SSSR count). The standard InChI is InChI=1S/C17H21N3/c1-12-8-14(11-19-9-12)15-6-5-13(10-18-2)17-16(15)4-3-7-20-17/h3-7,10,12,14,19H,8-9,11H2,1-2H3/b18-10-. The fourth-order valence-electron chi connectivity index (χ4n) is 3.21. The van der Waals surface area contributed by atoms with Gasteiger partial charge in [0.15, 0.2) is 0 Å². The average molecular weight is 267 g/mol. The number of nitrogens with zero attached hydrogens (tertiary/aromatic N) is 2. The predicted octanol–water partition coefficient (Wildman–Crippen LogP) is 3.00. The number of aromatic nitrogens is 1. The van der Waals surface area contributed by atoms with E-state index in [1.54, 1.807) is 7.05 Å². The minimum atomic E-state index is 0.582. The Hall–Kier alpha value is -1.74. The molecule has 1 aromatic heterocycles. The van der Waals surface area contributed by atoms with Crippen molar-refractivity contribution in [3.05, 3.63) is 41.6 Å². The number of rotatable bonds is 2. The maximum absolute atomic E-state index is 4.56. The van der Waals surface area contributed by atoms with Gasteiger partial charge in [-0.15, -0.1) is 0 Å². The molecule has 1 saturated heterocycles. The molecule has 0 amide bonds. The summed E-state index contributed by atoms with van der Waals surface area (Å²) in [5, 5.41) is 4.81. The molecule has 1 N–H and O–H groups in total. The molecular formula is C17H21N3. The molecule has 0 aliphatic carbocycles. The molecule has 20 heavy (non-hydrogen) atoms. The lowest BCUT2D eigenvalue weighted by molar-refractivity contribution is 0.365. The van der Waals surface area contributed by atoms with Crippen LogP contribution in [0.5, 0.6) is 0 Å². The predicted molar refractivity (Wildman–Crippen MR) is 84.7 cm³/mol. The van der Waals surface area contributed by atoms with Crippen molar-refractivity contribution < 1.29 is 0 Å². The first kappa shape index (κ1) is 13.3. The van der Waals surface area contributed by atoms with Crippen LogP contribution in [0.15, 0.2) is 35.5 Å². The Labute approximate surface area is 120 Å². The summed E-state index contributed by atoms with van der Waals surface area (Å²) in [5.41, 5.74) is 3.58. The molecule has 2 aromatic rings. The molecule has 2 unspecified atom stereocenters. The Morgan fingerprint density at radius 3 is 3.00 bits per heavy atom. The zero-order chi connectivity index (χ0) is 13.9. The SMILES string of the molecule is C/N=C\c1ccc(C2CNCC(C)C2)c2cccnc12. The molecular weight excluding hydrogens is 246 g/mol. The summed E-state index contributed by atoms with van der Waals surface area (Å²) in [6, 6.07) is 8.62. The fraction of sp³-hybridized carbons (Fsp3) is 0.412. The summed E-state index contributed by atoms with van der Waals surface area (Å²) in [7, 11) is 1.80. The van der Waals surface area contributed by atoms with Crippen LogP contribution in [0.4, 0.5) is 0 Å². The molecule has 1 fully saturated rings. The first-order valence-corrected chi connectivity index (χ1v) is 7.30. The van der Waals surface area contributed by atoms with Crippen LogP contribution in [0, 0.1) is 5.92 Å². The summed E-state index contributed by atoms with van der Waals surface area (Å²) in [6.45, 7) is 4.51. The van der Waals surface area contributed by atoms with E-state index in [1.165, 1.54) is 17.4 Å². The van der Waals surface area contributed by atoms with Crippen LogP contribution in [-0.4, -0.2) is 31.3 Å². The molecule has 3 nitrogen and oxygen atoms in total. The van der Waals surface area contributed by atoms with Crippen molar-refractivity contribution in [2.45, 2.75) is 19.3 Å². The zero-order valence-corrected chi connectivity index (χ0v) is 12.1. The number of nitrogens with one attached hydrogen (secondary N) is 1. The summed E-state index contributed by atoms with van der Waals surface area (Å²) in [5.74, 6) is 1.32. The Kier molecular flexibility index (Phi) is 3.79. The van der Waals surface area contributed by atoms with E-state index in [1.807, 2.05) is 18.5 Å². The molecule has 0 radical (unpaired) electrons. The fourth-order valence-corrected chi connectivity index (χ4v) is 3.21. The van der Waals surface area contributed by atoms with Gasteiger partial charge in [-0.05, 0) is 36.4 Å². The quantitative estimate of drug-likeness (QED) is 0.849. The van der Waals surface area contributed by atoms with Gasteiger partial charge in [0, 0.05) is 37.0 Å². The monoisotopic (exact) mass is 267 g/mol. The molecule has 2 atom stereocenters. The van der Waals surface area contributed by atoms with Crippen molar-refractivity contribution in [3.8, 4) is 0 Å². The lowest BCUT2D eigenvalue weighted by Crippen LogP contribution is -2.33. The van der Waals surface area contributed by atoms with E-state index >= 15 is 0 Å². The third-order valence-corrected chi connectivity index (χ3v) is 4.11. The normalized spacial score (nSPS) is 23.5. The second-order valence-electron chi connectivity index (χ2n) is 5.73. The lowest BCUT2D eigenvalue weighted by atomic mass is 9.84. The van der Waals surface area contributed by atoms with Crippen LogP contribution in [0.25, 0.3) is 10.9 Å². The second-order valence-corrected chi connectivity index (χ2v) is 5.73. The highest BCUT2D eigenvalue weighted by atomic mass is 14.9. The van der Waals surface area contributed by atoms with Crippen LogP contribution in [0.2, 0.25) is 0 Å². The van der Waals surface area contributed by atoms with Crippen LogP contribution in [0.3, 0.4) is 0 Å². The molecule has 0 spiro atoms. The van der Waals surface area contributed by atoms with Gasteiger partial charge in [0.25, 0.3) is 0 Å². The number of hydrogen-bond acceptors (Lipinski definition) is 3. The Balaban J connectivity index is 2.10. The molecule has 2 heterocycles. The minimum Gasteiger partial charge on any atom is -0.316 e. The van der Waals surface area contributed by atoms with Crippen molar-refractivity contribution in [1.29, 1.82) is 0 Å². The summed E-state index contributed by atoms with van der Waals surface area (Å²) in [4.78, 5) is 8.70. The van der Waals surface area contributed by atoms with Crippen molar-refractivity contribution >= 4 is 17.1 Å². The number of aliphatic imine (C=N–C) groups is 1. The maximum atomic E-state index is 4.56. The van der Waals surface area contributed by atoms with Crippen LogP contribution in [0.1, 0.15) is 30.4 Å². The van der Waals surface area contributed by atoms with Crippen molar-refractivity contribution in [2.75, 3.05) is 20.1 Å². The van der Waals surface area contributed by atoms with Gasteiger partial charge in [0.05, 0.1) is 5.52 Å². The molecule has 1 aliphatic rings. The van der Waals surface area contributed by atoms with Crippen LogP contribution >= 0.6 is 0 Å². The van der Waals surface area contributed by atoms with Gasteiger partial charge < -0.3 is 5.32 Å². The smallest absolute Gasteiger partial charge is 0.0792 e. The number of pyridine rings is 1. The highest BCUT2D eigenvalue weighted by molar-refractivity contribution is 5.98. The summed E-state index contributed by atoms with van der Waals surface area (Å²) >= 11 is 0. The number of hydrogen-bond donors (Lipinski definition) is 1. The number of benzene rings is 1. The molecule has 104 valence electrons. The van der Waals surface area contributed by atoms with Gasteiger partial charge in [-0.2, -0.15) is 0 Å². The highest BCUT2D eigenvalue weighted by Crippen LogP contribution is 2.32. The minimum absolute atomic E-state index is 0.582. The van der Waals surface area contributed by atoms with E-state index < -0.39 is 0 Å². The van der Waals surface area contributed by atoms with E-state index in [4.69, 9.17) is 0 Å². The largest absolute Gasteiger partial charge is 0.316 e. The summed E-state index contributed by atoms with van der Waals surface area (Å²) < 4.78 is 0. The molecule has 1 aliphatic heterocycles. The third kappa shape index (κ3) is 2.46. The van der Waals surface area contributed by atoms with E-state index in [0.29, 0.717) is 5.92 Å². The van der Waals surface area contributed by atoms with Gasteiger partial charge in [-0.1, -0.05) is 25.1 Å². The van der Waals surface area contributed by atoms with Crippen LogP contribution < -0.4 is 5.32 Å². The summed E-state index contributed by atoms with van der Waals surface area (Å²) in [6.07, 6.45) is 5.00. The molecule has 0 saturated carbocycles. The zero-order valence-electron chi connectivity index (χ0n) is 12.1. The number of piperidine rings is 1. The topological polar surface area (TPSA) is 37.3 Å². The Morgan fingerprint density at radius 2 is 2.20 bits per heavy atom. The van der Waals surface area contributed by atoms with E-state index in [0.717, 1.165) is 30.1 Å². The van der Waals surface area contributed by atoms with E-state index in [9.17, 15) is 0 Å². The maximum Gasteiger partial charge on any atom is 0.0792 e. The Bertz CT molecular complexity index is 633. The highest BCUT2D eigenvalue weighted by Gasteiger charge is 2.22. The van der Waals surface area contributed by atoms with Gasteiger partial charge in [-0.3, -0.25) is 9.98 Å². The van der Waals surface area contributed by atoms with Crippen molar-refractivity contribution in [1.82, 2.24) is 10.3 Å². The second kappa shape index (κ2) is 5.71. The molecule has 0 bridgehead atoms. The van der Waals surface area contributed by atoms with Gasteiger partial charge in [0.2, 0.25) is 0 Å². The van der Waals surface area contributed by atoms with Gasteiger partial charge in [0.1, 0.15) is 0 Å². The first-order valence-electron chi connectivity index (χ1n) is 7.30. The average Bonchev–Trinajstić information content (AvgIpc) is 2.48. The van der Waals surface area contributed by atoms with E-state index in [-0.39, 0.29) is 0 Å². The van der Waals surface area contributed by atoms with Crippen molar-refractivity contribution in [3.63, 3.8) is 0 Å². The lowest BCUT2D eigenvalue weighted by Gasteiger charge is -2.29. The number of fused-ring (bicyclic) bond motifs is 1. The molecule has 3 heteroatoms. The van der Waals surface area contributed by atoms with Gasteiger partial charge >= 0.3 is 0 Å².